The van der Waals surface area contributed by atoms with Crippen LogP contribution in [0.25, 0.3) is 6.08 Å². The number of hydrogen-bond acceptors (Lipinski definition) is 2. The van der Waals surface area contributed by atoms with Crippen molar-refractivity contribution in [2.24, 2.45) is 5.73 Å². The molecule has 0 aliphatic heterocycles. The Morgan fingerprint density at radius 1 is 1.50 bits per heavy atom. The first kappa shape index (κ1) is 11.5. The lowest BCUT2D eigenvalue weighted by molar-refractivity contribution is 0.409. The number of nitrogens with two attached hydrogens (primary N) is 1. The summed E-state index contributed by atoms with van der Waals surface area (Å²) in [4.78, 5) is 0. The quantitative estimate of drug-likeness (QED) is 0.873. The molecule has 0 aromatic heterocycles. The Bertz CT molecular complexity index is 411. The average Bonchev–Trinajstić information content (AvgIpc) is 3.09. The van der Waals surface area contributed by atoms with Crippen LogP contribution in [-0.2, 0) is 0 Å². The minimum Gasteiger partial charge on any atom is -0.496 e. The van der Waals surface area contributed by atoms with E-state index in [1.165, 1.54) is 12.8 Å². The fourth-order valence-electron chi connectivity index (χ4n) is 1.85. The molecule has 1 aliphatic rings. The third kappa shape index (κ3) is 2.39. The van der Waals surface area contributed by atoms with Crippen LogP contribution in [0.1, 0.15) is 29.9 Å². The fraction of sp³-hybridized carbons (Fsp3) is 0.385. The maximum Gasteiger partial charge on any atom is 0.124 e. The molecule has 1 fully saturated rings. The first-order valence-electron chi connectivity index (χ1n) is 5.50. The third-order valence-electron chi connectivity index (χ3n) is 2.77. The van der Waals surface area contributed by atoms with Gasteiger partial charge in [-0.2, -0.15) is 0 Å². The standard InChI is InChI=1S/C13H16ClNO/c1-16-12-8-9(3-2-6-15)7-11(14)13(12)10-4-5-10/h2-3,7-8,10H,4-6,15H2,1H3/b3-2+. The molecule has 0 atom stereocenters. The Balaban J connectivity index is 2.37. The Labute approximate surface area is 101 Å². The number of halogens is 1. The average molecular weight is 238 g/mol. The lowest BCUT2D eigenvalue weighted by Crippen LogP contribution is -1.94. The molecule has 1 aromatic carbocycles. The van der Waals surface area contributed by atoms with Gasteiger partial charge in [-0.3, -0.25) is 0 Å². The number of rotatable bonds is 4. The van der Waals surface area contributed by atoms with E-state index in [4.69, 9.17) is 22.1 Å². The molecule has 0 bridgehead atoms. The van der Waals surface area contributed by atoms with E-state index in [-0.39, 0.29) is 0 Å². The van der Waals surface area contributed by atoms with Crippen LogP contribution in [-0.4, -0.2) is 13.7 Å². The summed E-state index contributed by atoms with van der Waals surface area (Å²) < 4.78 is 5.40. The van der Waals surface area contributed by atoms with Crippen molar-refractivity contribution >= 4 is 17.7 Å². The molecule has 0 heterocycles. The molecule has 2 rings (SSSR count). The molecule has 0 saturated heterocycles. The van der Waals surface area contributed by atoms with Gasteiger partial charge in [0.05, 0.1) is 7.11 Å². The van der Waals surface area contributed by atoms with Crippen molar-refractivity contribution in [3.8, 4) is 5.75 Å². The highest BCUT2D eigenvalue weighted by Gasteiger charge is 2.29. The molecule has 0 unspecified atom stereocenters. The highest BCUT2D eigenvalue weighted by Crippen LogP contribution is 2.48. The molecule has 0 amide bonds. The van der Waals surface area contributed by atoms with E-state index in [0.29, 0.717) is 12.5 Å². The summed E-state index contributed by atoms with van der Waals surface area (Å²) in [6, 6.07) is 4.00. The van der Waals surface area contributed by atoms with Gasteiger partial charge >= 0.3 is 0 Å². The molecule has 16 heavy (non-hydrogen) atoms. The van der Waals surface area contributed by atoms with Crippen LogP contribution in [0, 0.1) is 0 Å². The number of benzene rings is 1. The molecule has 2 N–H and O–H groups in total. The molecule has 1 saturated carbocycles. The van der Waals surface area contributed by atoms with E-state index in [1.807, 2.05) is 24.3 Å². The lowest BCUT2D eigenvalue weighted by Gasteiger charge is -2.11. The van der Waals surface area contributed by atoms with Crippen molar-refractivity contribution in [3.63, 3.8) is 0 Å². The molecule has 0 spiro atoms. The smallest absolute Gasteiger partial charge is 0.124 e. The Hall–Kier alpha value is -0.990. The summed E-state index contributed by atoms with van der Waals surface area (Å²) >= 11 is 6.28. The molecule has 86 valence electrons. The van der Waals surface area contributed by atoms with Crippen molar-refractivity contribution in [3.05, 3.63) is 34.4 Å². The summed E-state index contributed by atoms with van der Waals surface area (Å²) in [6.07, 6.45) is 6.30. The predicted octanol–water partition coefficient (Wildman–Crippen LogP) is 3.20. The van der Waals surface area contributed by atoms with Crippen LogP contribution >= 0.6 is 11.6 Å². The lowest BCUT2D eigenvalue weighted by atomic mass is 10.1. The largest absolute Gasteiger partial charge is 0.496 e. The molecule has 1 aromatic rings. The summed E-state index contributed by atoms with van der Waals surface area (Å²) in [5, 5.41) is 0.804. The second-order valence-electron chi connectivity index (χ2n) is 4.03. The Kier molecular flexibility index (Phi) is 3.52. The molecule has 3 heteroatoms. The van der Waals surface area contributed by atoms with Crippen LogP contribution in [0.4, 0.5) is 0 Å². The van der Waals surface area contributed by atoms with E-state index in [0.717, 1.165) is 21.9 Å². The highest BCUT2D eigenvalue weighted by molar-refractivity contribution is 6.31. The second-order valence-corrected chi connectivity index (χ2v) is 4.44. The first-order valence-corrected chi connectivity index (χ1v) is 5.88. The highest BCUT2D eigenvalue weighted by atomic mass is 35.5. The van der Waals surface area contributed by atoms with Gasteiger partial charge in [0.2, 0.25) is 0 Å². The van der Waals surface area contributed by atoms with Gasteiger partial charge in [-0.1, -0.05) is 23.8 Å². The zero-order valence-corrected chi connectivity index (χ0v) is 10.1. The first-order chi connectivity index (χ1) is 7.76. The van der Waals surface area contributed by atoms with Gasteiger partial charge in [-0.25, -0.2) is 0 Å². The van der Waals surface area contributed by atoms with Gasteiger partial charge in [0, 0.05) is 17.1 Å². The summed E-state index contributed by atoms with van der Waals surface area (Å²) in [7, 11) is 1.69. The van der Waals surface area contributed by atoms with Gasteiger partial charge < -0.3 is 10.5 Å². The van der Waals surface area contributed by atoms with Crippen molar-refractivity contribution < 1.29 is 4.74 Å². The van der Waals surface area contributed by atoms with Crippen LogP contribution in [0.5, 0.6) is 5.75 Å². The van der Waals surface area contributed by atoms with Crippen molar-refractivity contribution in [1.29, 1.82) is 0 Å². The fourth-order valence-corrected chi connectivity index (χ4v) is 2.22. The van der Waals surface area contributed by atoms with Crippen LogP contribution < -0.4 is 10.5 Å². The zero-order chi connectivity index (χ0) is 11.5. The van der Waals surface area contributed by atoms with Gasteiger partial charge in [-0.05, 0) is 36.5 Å². The zero-order valence-electron chi connectivity index (χ0n) is 9.37. The van der Waals surface area contributed by atoms with Gasteiger partial charge in [0.1, 0.15) is 5.75 Å². The summed E-state index contributed by atoms with van der Waals surface area (Å²) in [5.74, 6) is 1.49. The van der Waals surface area contributed by atoms with E-state index in [2.05, 4.69) is 0 Å². The predicted molar refractivity (Wildman–Crippen MR) is 68.1 cm³/mol. The van der Waals surface area contributed by atoms with Crippen molar-refractivity contribution in [2.75, 3.05) is 13.7 Å². The molecule has 2 nitrogen and oxygen atoms in total. The van der Waals surface area contributed by atoms with Gasteiger partial charge in [0.15, 0.2) is 0 Å². The molecule has 0 radical (unpaired) electrons. The molecular weight excluding hydrogens is 222 g/mol. The van der Waals surface area contributed by atoms with Crippen molar-refractivity contribution in [1.82, 2.24) is 0 Å². The van der Waals surface area contributed by atoms with Crippen LogP contribution in [0.15, 0.2) is 18.2 Å². The maximum atomic E-state index is 6.28. The van der Waals surface area contributed by atoms with E-state index in [1.54, 1.807) is 7.11 Å². The van der Waals surface area contributed by atoms with E-state index < -0.39 is 0 Å². The molecular formula is C13H16ClNO. The number of ether oxygens (including phenoxy) is 1. The number of hydrogen-bond donors (Lipinski definition) is 1. The van der Waals surface area contributed by atoms with Crippen LogP contribution in [0.2, 0.25) is 5.02 Å². The monoisotopic (exact) mass is 237 g/mol. The maximum absolute atomic E-state index is 6.28. The SMILES string of the molecule is COc1cc(/C=C/CN)cc(Cl)c1C1CC1. The van der Waals surface area contributed by atoms with Crippen molar-refractivity contribution in [2.45, 2.75) is 18.8 Å². The Morgan fingerprint density at radius 2 is 2.25 bits per heavy atom. The molecule has 1 aliphatic carbocycles. The van der Waals surface area contributed by atoms with Gasteiger partial charge in [0.25, 0.3) is 0 Å². The minimum absolute atomic E-state index is 0.532. The summed E-state index contributed by atoms with van der Waals surface area (Å²) in [5.41, 5.74) is 7.62. The minimum atomic E-state index is 0.532. The van der Waals surface area contributed by atoms with Crippen LogP contribution in [0.3, 0.4) is 0 Å². The third-order valence-corrected chi connectivity index (χ3v) is 3.08. The van der Waals surface area contributed by atoms with E-state index >= 15 is 0 Å². The normalized spacial score (nSPS) is 15.7. The van der Waals surface area contributed by atoms with Gasteiger partial charge in [-0.15, -0.1) is 0 Å². The van der Waals surface area contributed by atoms with E-state index in [9.17, 15) is 0 Å². The Morgan fingerprint density at radius 3 is 2.81 bits per heavy atom. The topological polar surface area (TPSA) is 35.2 Å². The number of methoxy groups -OCH3 is 1. The summed E-state index contributed by atoms with van der Waals surface area (Å²) in [6.45, 7) is 0.532. The second kappa shape index (κ2) is 4.89.